The van der Waals surface area contributed by atoms with Crippen LogP contribution >= 0.6 is 0 Å². The highest BCUT2D eigenvalue weighted by Crippen LogP contribution is 2.33. The summed E-state index contributed by atoms with van der Waals surface area (Å²) < 4.78 is 5.32. The van der Waals surface area contributed by atoms with E-state index in [4.69, 9.17) is 4.74 Å². The molecule has 1 aliphatic heterocycles. The van der Waals surface area contributed by atoms with Gasteiger partial charge in [0.05, 0.1) is 23.9 Å². The third-order valence-electron chi connectivity index (χ3n) is 3.96. The molecule has 0 unspecified atom stereocenters. The number of hydrogen-bond donors (Lipinski definition) is 0. The number of carbonyl (C=O) groups is 2. The van der Waals surface area contributed by atoms with Gasteiger partial charge in [-0.2, -0.15) is 0 Å². The SMILES string of the molecule is C=CCOCCCC(=O)N1C[C@H](C)C(=O)N(C)c2ccccc21. The molecule has 2 amide bonds. The van der Waals surface area contributed by atoms with Gasteiger partial charge in [-0.05, 0) is 18.6 Å². The Bertz CT molecular complexity index is 585. The van der Waals surface area contributed by atoms with E-state index >= 15 is 0 Å². The lowest BCUT2D eigenvalue weighted by molar-refractivity contribution is -0.121. The van der Waals surface area contributed by atoms with E-state index in [1.807, 2.05) is 31.2 Å². The van der Waals surface area contributed by atoms with Crippen molar-refractivity contribution >= 4 is 23.2 Å². The summed E-state index contributed by atoms with van der Waals surface area (Å²) in [7, 11) is 1.76. The summed E-state index contributed by atoms with van der Waals surface area (Å²) in [6, 6.07) is 7.53. The molecule has 0 aliphatic carbocycles. The Kier molecular flexibility index (Phi) is 5.93. The Balaban J connectivity index is 2.13. The maximum absolute atomic E-state index is 12.6. The number of nitrogens with zero attached hydrogens (tertiary/aromatic N) is 2. The zero-order chi connectivity index (χ0) is 16.8. The molecule has 0 bridgehead atoms. The van der Waals surface area contributed by atoms with Gasteiger partial charge in [-0.3, -0.25) is 9.59 Å². The quantitative estimate of drug-likeness (QED) is 0.599. The molecule has 0 aromatic heterocycles. The van der Waals surface area contributed by atoms with Gasteiger partial charge in [0.2, 0.25) is 11.8 Å². The molecular weight excluding hydrogens is 292 g/mol. The summed E-state index contributed by atoms with van der Waals surface area (Å²) in [4.78, 5) is 28.4. The molecule has 1 heterocycles. The fraction of sp³-hybridized carbons (Fsp3) is 0.444. The van der Waals surface area contributed by atoms with Gasteiger partial charge in [-0.25, -0.2) is 0 Å². The van der Waals surface area contributed by atoms with Gasteiger partial charge >= 0.3 is 0 Å². The molecule has 5 nitrogen and oxygen atoms in total. The molecule has 1 aromatic carbocycles. The standard InChI is InChI=1S/C18H24N2O3/c1-4-11-23-12-7-10-17(21)20-13-14(2)18(22)19(3)15-8-5-6-9-16(15)20/h4-6,8-9,14H,1,7,10-13H2,2-3H3/t14-/m0/s1. The van der Waals surface area contributed by atoms with Crippen LogP contribution in [0.2, 0.25) is 0 Å². The third-order valence-corrected chi connectivity index (χ3v) is 3.96. The van der Waals surface area contributed by atoms with E-state index in [1.165, 1.54) is 0 Å². The molecule has 5 heteroatoms. The van der Waals surface area contributed by atoms with E-state index < -0.39 is 0 Å². The largest absolute Gasteiger partial charge is 0.377 e. The van der Waals surface area contributed by atoms with Crippen LogP contribution in [-0.2, 0) is 14.3 Å². The van der Waals surface area contributed by atoms with Crippen molar-refractivity contribution in [1.29, 1.82) is 0 Å². The van der Waals surface area contributed by atoms with Crippen LogP contribution in [0.15, 0.2) is 36.9 Å². The van der Waals surface area contributed by atoms with Crippen molar-refractivity contribution in [2.24, 2.45) is 5.92 Å². The first kappa shape index (κ1) is 17.2. The van der Waals surface area contributed by atoms with Crippen LogP contribution in [0.1, 0.15) is 19.8 Å². The average molecular weight is 316 g/mol. The molecule has 0 radical (unpaired) electrons. The molecule has 23 heavy (non-hydrogen) atoms. The highest BCUT2D eigenvalue weighted by atomic mass is 16.5. The minimum absolute atomic E-state index is 0.0228. The number of hydrogen-bond acceptors (Lipinski definition) is 3. The van der Waals surface area contributed by atoms with Gasteiger partial charge in [0.15, 0.2) is 0 Å². The third kappa shape index (κ3) is 3.99. The number of carbonyl (C=O) groups excluding carboxylic acids is 2. The van der Waals surface area contributed by atoms with Crippen molar-refractivity contribution in [3.63, 3.8) is 0 Å². The van der Waals surface area contributed by atoms with Crippen LogP contribution in [0.3, 0.4) is 0 Å². The van der Waals surface area contributed by atoms with Crippen molar-refractivity contribution in [2.75, 3.05) is 36.6 Å². The molecule has 0 spiro atoms. The Morgan fingerprint density at radius 2 is 2.09 bits per heavy atom. The Hall–Kier alpha value is -2.14. The van der Waals surface area contributed by atoms with Crippen LogP contribution < -0.4 is 9.80 Å². The van der Waals surface area contributed by atoms with Crippen molar-refractivity contribution in [1.82, 2.24) is 0 Å². The molecule has 0 N–H and O–H groups in total. The van der Waals surface area contributed by atoms with Crippen molar-refractivity contribution in [2.45, 2.75) is 19.8 Å². The lowest BCUT2D eigenvalue weighted by Gasteiger charge is -2.24. The highest BCUT2D eigenvalue weighted by Gasteiger charge is 2.31. The first-order chi connectivity index (χ1) is 11.1. The molecule has 0 fully saturated rings. The van der Waals surface area contributed by atoms with Gasteiger partial charge in [0.1, 0.15) is 0 Å². The summed E-state index contributed by atoms with van der Waals surface area (Å²) in [5, 5.41) is 0. The van der Waals surface area contributed by atoms with Crippen LogP contribution in [0.25, 0.3) is 0 Å². The Labute approximate surface area is 137 Å². The summed E-state index contributed by atoms with van der Waals surface area (Å²) in [6.07, 6.45) is 2.75. The minimum atomic E-state index is -0.228. The van der Waals surface area contributed by atoms with Crippen LogP contribution in [0.4, 0.5) is 11.4 Å². The predicted molar refractivity (Wildman–Crippen MR) is 91.6 cm³/mol. The molecule has 0 saturated carbocycles. The molecule has 0 saturated heterocycles. The second kappa shape index (κ2) is 7.92. The number of rotatable bonds is 6. The monoisotopic (exact) mass is 316 g/mol. The Morgan fingerprint density at radius 1 is 1.39 bits per heavy atom. The molecule has 1 atom stereocenters. The van der Waals surface area contributed by atoms with Crippen LogP contribution in [-0.4, -0.2) is 38.6 Å². The zero-order valence-electron chi connectivity index (χ0n) is 13.8. The second-order valence-corrected chi connectivity index (χ2v) is 5.76. The summed E-state index contributed by atoms with van der Waals surface area (Å²) in [5.74, 6) is -0.176. The van der Waals surface area contributed by atoms with E-state index in [-0.39, 0.29) is 17.7 Å². The smallest absolute Gasteiger partial charge is 0.231 e. The summed E-state index contributed by atoms with van der Waals surface area (Å²) in [5.41, 5.74) is 1.57. The molecule has 1 aromatic rings. The van der Waals surface area contributed by atoms with E-state index in [1.54, 1.807) is 22.9 Å². The van der Waals surface area contributed by atoms with Gasteiger partial charge in [0, 0.05) is 26.6 Å². The van der Waals surface area contributed by atoms with E-state index in [0.29, 0.717) is 32.6 Å². The fourth-order valence-electron chi connectivity index (χ4n) is 2.74. The summed E-state index contributed by atoms with van der Waals surface area (Å²) in [6.45, 7) is 6.88. The predicted octanol–water partition coefficient (Wildman–Crippen LogP) is 2.61. The molecular formula is C18H24N2O3. The highest BCUT2D eigenvalue weighted by molar-refractivity contribution is 6.05. The van der Waals surface area contributed by atoms with Gasteiger partial charge in [-0.1, -0.05) is 25.1 Å². The number of anilines is 2. The van der Waals surface area contributed by atoms with Crippen molar-refractivity contribution < 1.29 is 14.3 Å². The number of para-hydroxylation sites is 2. The normalized spacial score (nSPS) is 17.7. The number of benzene rings is 1. The maximum Gasteiger partial charge on any atom is 0.231 e. The van der Waals surface area contributed by atoms with E-state index in [0.717, 1.165) is 11.4 Å². The minimum Gasteiger partial charge on any atom is -0.377 e. The first-order valence-electron chi connectivity index (χ1n) is 7.92. The van der Waals surface area contributed by atoms with Crippen molar-refractivity contribution in [3.8, 4) is 0 Å². The lowest BCUT2D eigenvalue weighted by Crippen LogP contribution is -2.37. The Morgan fingerprint density at radius 3 is 2.78 bits per heavy atom. The number of fused-ring (bicyclic) bond motifs is 1. The topological polar surface area (TPSA) is 49.9 Å². The van der Waals surface area contributed by atoms with E-state index in [2.05, 4.69) is 6.58 Å². The second-order valence-electron chi connectivity index (χ2n) is 5.76. The van der Waals surface area contributed by atoms with Crippen LogP contribution in [0, 0.1) is 5.92 Å². The molecule has 2 rings (SSSR count). The summed E-state index contributed by atoms with van der Waals surface area (Å²) >= 11 is 0. The molecule has 124 valence electrons. The van der Waals surface area contributed by atoms with Crippen LogP contribution in [0.5, 0.6) is 0 Å². The average Bonchev–Trinajstić information content (AvgIpc) is 2.66. The zero-order valence-corrected chi connectivity index (χ0v) is 13.8. The lowest BCUT2D eigenvalue weighted by atomic mass is 10.1. The van der Waals surface area contributed by atoms with Crippen molar-refractivity contribution in [3.05, 3.63) is 36.9 Å². The van der Waals surface area contributed by atoms with Gasteiger partial charge in [-0.15, -0.1) is 6.58 Å². The van der Waals surface area contributed by atoms with Gasteiger partial charge in [0.25, 0.3) is 0 Å². The number of amides is 2. The van der Waals surface area contributed by atoms with Gasteiger partial charge < -0.3 is 14.5 Å². The molecule has 1 aliphatic rings. The number of ether oxygens (including phenoxy) is 1. The maximum atomic E-state index is 12.6. The van der Waals surface area contributed by atoms with E-state index in [9.17, 15) is 9.59 Å². The fourth-order valence-corrected chi connectivity index (χ4v) is 2.74. The first-order valence-corrected chi connectivity index (χ1v) is 7.92.